The first-order valence-electron chi connectivity index (χ1n) is 7.63. The average molecular weight is 506 g/mol. The van der Waals surface area contributed by atoms with Crippen molar-refractivity contribution >= 4 is 50.4 Å². The molecule has 0 saturated heterocycles. The number of anilines is 3. The van der Waals surface area contributed by atoms with E-state index in [0.29, 0.717) is 11.4 Å². The Hall–Kier alpha value is -2.08. The van der Waals surface area contributed by atoms with Crippen LogP contribution in [0.2, 0.25) is 0 Å². The van der Waals surface area contributed by atoms with Crippen molar-refractivity contribution in [1.29, 1.82) is 0 Å². The predicted molar refractivity (Wildman–Crippen MR) is 108 cm³/mol. The SMILES string of the molecule is CN(C)c1cnc(Oc2ccccc2I)c(Nc2nc(C(F)(F)F)cs2)c1. The van der Waals surface area contributed by atoms with E-state index in [1.54, 1.807) is 18.3 Å². The van der Waals surface area contributed by atoms with Crippen molar-refractivity contribution in [3.05, 3.63) is 51.2 Å². The minimum Gasteiger partial charge on any atom is -0.436 e. The predicted octanol–water partition coefficient (Wildman–Crippen LogP) is 5.76. The molecule has 1 N–H and O–H groups in total. The van der Waals surface area contributed by atoms with Crippen LogP contribution in [0.1, 0.15) is 5.69 Å². The van der Waals surface area contributed by atoms with Crippen LogP contribution in [0.5, 0.6) is 11.6 Å². The van der Waals surface area contributed by atoms with Gasteiger partial charge in [0.05, 0.1) is 15.5 Å². The molecule has 0 aliphatic heterocycles. The van der Waals surface area contributed by atoms with Crippen molar-refractivity contribution in [3.8, 4) is 11.6 Å². The molecule has 5 nitrogen and oxygen atoms in total. The number of nitrogens with one attached hydrogen (secondary N) is 1. The number of hydrogen-bond donors (Lipinski definition) is 1. The highest BCUT2D eigenvalue weighted by molar-refractivity contribution is 14.1. The quantitative estimate of drug-likeness (QED) is 0.446. The van der Waals surface area contributed by atoms with Gasteiger partial charge in [0.1, 0.15) is 11.4 Å². The van der Waals surface area contributed by atoms with Crippen LogP contribution in [0.4, 0.5) is 29.7 Å². The molecule has 10 heteroatoms. The molecule has 0 atom stereocenters. The van der Waals surface area contributed by atoms with Gasteiger partial charge in [0.2, 0.25) is 5.88 Å². The van der Waals surface area contributed by atoms with Crippen molar-refractivity contribution in [2.75, 3.05) is 24.3 Å². The molecule has 0 saturated carbocycles. The van der Waals surface area contributed by atoms with E-state index in [0.717, 1.165) is 26.0 Å². The van der Waals surface area contributed by atoms with Gasteiger partial charge in [-0.25, -0.2) is 9.97 Å². The standard InChI is InChI=1S/C17H14F3IN4OS/c1-25(2)10-7-12(23-16-24-14(9-27-16)17(18,19)20)15(22-8-10)26-13-6-4-3-5-11(13)21/h3-9H,1-2H3,(H,23,24). The molecule has 0 unspecified atom stereocenters. The summed E-state index contributed by atoms with van der Waals surface area (Å²) in [5.74, 6) is 0.842. The summed E-state index contributed by atoms with van der Waals surface area (Å²) in [5.41, 5.74) is 0.246. The third-order valence-corrected chi connectivity index (χ3v) is 5.08. The van der Waals surface area contributed by atoms with E-state index in [9.17, 15) is 13.2 Å². The van der Waals surface area contributed by atoms with Gasteiger partial charge in [0.25, 0.3) is 0 Å². The fourth-order valence-corrected chi connectivity index (χ4v) is 3.29. The van der Waals surface area contributed by atoms with Crippen LogP contribution in [0, 0.1) is 3.57 Å². The molecule has 0 aliphatic carbocycles. The molecule has 2 aromatic heterocycles. The fourth-order valence-electron chi connectivity index (χ4n) is 2.06. The van der Waals surface area contributed by atoms with Crippen LogP contribution in [0.3, 0.4) is 0 Å². The number of benzene rings is 1. The molecule has 142 valence electrons. The van der Waals surface area contributed by atoms with Crippen molar-refractivity contribution in [2.45, 2.75) is 6.18 Å². The third-order valence-electron chi connectivity index (χ3n) is 3.43. The second kappa shape index (κ2) is 7.89. The summed E-state index contributed by atoms with van der Waals surface area (Å²) >= 11 is 3.00. The van der Waals surface area contributed by atoms with E-state index in [1.165, 1.54) is 0 Å². The second-order valence-corrected chi connectivity index (χ2v) is 7.65. The maximum Gasteiger partial charge on any atom is 0.434 e. The number of hydrogen-bond acceptors (Lipinski definition) is 6. The normalized spacial score (nSPS) is 11.3. The van der Waals surface area contributed by atoms with Gasteiger partial charge in [-0.3, -0.25) is 0 Å². The van der Waals surface area contributed by atoms with Crippen LogP contribution >= 0.6 is 33.9 Å². The van der Waals surface area contributed by atoms with E-state index in [4.69, 9.17) is 4.74 Å². The maximum atomic E-state index is 12.8. The van der Waals surface area contributed by atoms with Crippen molar-refractivity contribution in [2.24, 2.45) is 0 Å². The Morgan fingerprint density at radius 1 is 1.22 bits per heavy atom. The Balaban J connectivity index is 1.95. The number of nitrogens with zero attached hydrogens (tertiary/aromatic N) is 3. The Morgan fingerprint density at radius 3 is 2.59 bits per heavy atom. The number of rotatable bonds is 5. The summed E-state index contributed by atoms with van der Waals surface area (Å²) in [6, 6.07) is 9.12. The lowest BCUT2D eigenvalue weighted by molar-refractivity contribution is -0.140. The van der Waals surface area contributed by atoms with Crippen LogP contribution in [0.15, 0.2) is 41.9 Å². The zero-order chi connectivity index (χ0) is 19.6. The summed E-state index contributed by atoms with van der Waals surface area (Å²) in [4.78, 5) is 9.74. The highest BCUT2D eigenvalue weighted by Crippen LogP contribution is 2.37. The number of aromatic nitrogens is 2. The fraction of sp³-hybridized carbons (Fsp3) is 0.176. The largest absolute Gasteiger partial charge is 0.436 e. The molecular weight excluding hydrogens is 492 g/mol. The van der Waals surface area contributed by atoms with Crippen LogP contribution in [-0.4, -0.2) is 24.1 Å². The molecule has 0 aliphatic rings. The van der Waals surface area contributed by atoms with Gasteiger partial charge in [-0.15, -0.1) is 11.3 Å². The van der Waals surface area contributed by atoms with Crippen molar-refractivity contribution in [3.63, 3.8) is 0 Å². The number of para-hydroxylation sites is 1. The van der Waals surface area contributed by atoms with Gasteiger partial charge in [-0.2, -0.15) is 13.2 Å². The molecule has 0 bridgehead atoms. The minimum atomic E-state index is -4.49. The third kappa shape index (κ3) is 4.80. The van der Waals surface area contributed by atoms with Gasteiger partial charge in [-0.05, 0) is 40.8 Å². The highest BCUT2D eigenvalue weighted by Gasteiger charge is 2.33. The van der Waals surface area contributed by atoms with E-state index in [-0.39, 0.29) is 11.0 Å². The van der Waals surface area contributed by atoms with Crippen LogP contribution < -0.4 is 15.0 Å². The maximum absolute atomic E-state index is 12.8. The lowest BCUT2D eigenvalue weighted by Gasteiger charge is -2.16. The lowest BCUT2D eigenvalue weighted by Crippen LogP contribution is -2.10. The molecule has 27 heavy (non-hydrogen) atoms. The van der Waals surface area contributed by atoms with Crippen LogP contribution in [-0.2, 0) is 6.18 Å². The number of pyridine rings is 1. The Labute approximate surface area is 171 Å². The van der Waals surface area contributed by atoms with E-state index in [2.05, 4.69) is 37.9 Å². The zero-order valence-electron chi connectivity index (χ0n) is 14.2. The minimum absolute atomic E-state index is 0.104. The molecule has 0 spiro atoms. The van der Waals surface area contributed by atoms with Gasteiger partial charge in [0, 0.05) is 19.5 Å². The van der Waals surface area contributed by atoms with Gasteiger partial charge < -0.3 is 15.0 Å². The molecule has 2 heterocycles. The molecule has 0 radical (unpaired) electrons. The highest BCUT2D eigenvalue weighted by atomic mass is 127. The van der Waals surface area contributed by atoms with Gasteiger partial charge >= 0.3 is 6.18 Å². The van der Waals surface area contributed by atoms with Gasteiger partial charge in [0.15, 0.2) is 10.8 Å². The van der Waals surface area contributed by atoms with E-state index < -0.39 is 11.9 Å². The molecule has 1 aromatic carbocycles. The summed E-state index contributed by atoms with van der Waals surface area (Å²) in [5, 5.41) is 3.96. The summed E-state index contributed by atoms with van der Waals surface area (Å²) in [6.45, 7) is 0. The molecule has 0 amide bonds. The molecular formula is C17H14F3IN4OS. The monoisotopic (exact) mass is 506 g/mol. The van der Waals surface area contributed by atoms with Crippen LogP contribution in [0.25, 0.3) is 0 Å². The lowest BCUT2D eigenvalue weighted by atomic mass is 10.3. The Morgan fingerprint density at radius 2 is 1.96 bits per heavy atom. The van der Waals surface area contributed by atoms with E-state index >= 15 is 0 Å². The zero-order valence-corrected chi connectivity index (χ0v) is 17.2. The van der Waals surface area contributed by atoms with E-state index in [1.807, 2.05) is 37.2 Å². The van der Waals surface area contributed by atoms with Crippen molar-refractivity contribution < 1.29 is 17.9 Å². The van der Waals surface area contributed by atoms with Gasteiger partial charge in [-0.1, -0.05) is 12.1 Å². The number of thiazole rings is 1. The molecule has 3 rings (SSSR count). The number of halogens is 4. The van der Waals surface area contributed by atoms with Crippen molar-refractivity contribution in [1.82, 2.24) is 9.97 Å². The number of ether oxygens (including phenoxy) is 1. The smallest absolute Gasteiger partial charge is 0.434 e. The first kappa shape index (κ1) is 19.7. The summed E-state index contributed by atoms with van der Waals surface area (Å²) in [6.07, 6.45) is -2.86. The summed E-state index contributed by atoms with van der Waals surface area (Å²) < 4.78 is 45.1. The molecule has 0 fully saturated rings. The molecule has 3 aromatic rings. The first-order valence-corrected chi connectivity index (χ1v) is 9.59. The average Bonchev–Trinajstić information content (AvgIpc) is 3.07. The first-order chi connectivity index (χ1) is 12.7. The topological polar surface area (TPSA) is 50.3 Å². The second-order valence-electron chi connectivity index (χ2n) is 5.63. The number of alkyl halides is 3. The Kier molecular flexibility index (Phi) is 5.75. The summed E-state index contributed by atoms with van der Waals surface area (Å²) in [7, 11) is 3.68. The Bertz CT molecular complexity index is 946.